The summed E-state index contributed by atoms with van der Waals surface area (Å²) in [5.41, 5.74) is 0.287. The zero-order valence-corrected chi connectivity index (χ0v) is 16.4. The Labute approximate surface area is 165 Å². The molecule has 1 saturated heterocycles. The highest BCUT2D eigenvalue weighted by atomic mass is 19.1. The maximum atomic E-state index is 14.0. The molecule has 0 radical (unpaired) electrons. The van der Waals surface area contributed by atoms with Gasteiger partial charge in [-0.05, 0) is 25.0 Å². The molecule has 8 heteroatoms. The molecule has 0 bridgehead atoms. The van der Waals surface area contributed by atoms with E-state index in [1.54, 1.807) is 7.05 Å². The largest absolute Gasteiger partial charge is 0.366 e. The summed E-state index contributed by atoms with van der Waals surface area (Å²) in [6.45, 7) is 2.51. The van der Waals surface area contributed by atoms with Crippen molar-refractivity contribution < 1.29 is 13.6 Å². The van der Waals surface area contributed by atoms with E-state index in [4.69, 9.17) is 0 Å². The van der Waals surface area contributed by atoms with Crippen LogP contribution in [0, 0.1) is 11.6 Å². The summed E-state index contributed by atoms with van der Waals surface area (Å²) in [4.78, 5) is 20.3. The SMILES string of the molecule is CN=C(NCC(=O)NC1CCCCC1)N1CCN(c2cc(F)ccc2F)CC1. The third kappa shape index (κ3) is 5.33. The van der Waals surface area contributed by atoms with E-state index in [0.717, 1.165) is 25.0 Å². The van der Waals surface area contributed by atoms with Gasteiger partial charge in [0.15, 0.2) is 5.96 Å². The Balaban J connectivity index is 1.47. The Morgan fingerprint density at radius 2 is 1.86 bits per heavy atom. The molecule has 1 heterocycles. The summed E-state index contributed by atoms with van der Waals surface area (Å²) >= 11 is 0. The number of carbonyl (C=O) groups excluding carboxylic acids is 1. The summed E-state index contributed by atoms with van der Waals surface area (Å²) in [6.07, 6.45) is 5.72. The zero-order chi connectivity index (χ0) is 19.9. The summed E-state index contributed by atoms with van der Waals surface area (Å²) in [6, 6.07) is 3.80. The van der Waals surface area contributed by atoms with Gasteiger partial charge in [-0.25, -0.2) is 8.78 Å². The number of hydrogen-bond acceptors (Lipinski definition) is 3. The van der Waals surface area contributed by atoms with E-state index in [1.165, 1.54) is 25.3 Å². The highest BCUT2D eigenvalue weighted by molar-refractivity contribution is 5.86. The number of guanidine groups is 1. The first-order valence-corrected chi connectivity index (χ1v) is 10.0. The van der Waals surface area contributed by atoms with Crippen molar-refractivity contribution in [3.05, 3.63) is 29.8 Å². The Hall–Kier alpha value is -2.38. The quantitative estimate of drug-likeness (QED) is 0.608. The molecule has 1 saturated carbocycles. The lowest BCUT2D eigenvalue weighted by Crippen LogP contribution is -2.54. The van der Waals surface area contributed by atoms with Crippen molar-refractivity contribution in [2.75, 3.05) is 44.7 Å². The van der Waals surface area contributed by atoms with Gasteiger partial charge in [0.1, 0.15) is 11.6 Å². The smallest absolute Gasteiger partial charge is 0.239 e. The lowest BCUT2D eigenvalue weighted by atomic mass is 9.95. The third-order valence-corrected chi connectivity index (χ3v) is 5.42. The normalized spacial score (nSPS) is 18.9. The number of carbonyl (C=O) groups is 1. The molecular formula is C20H29F2N5O. The van der Waals surface area contributed by atoms with Gasteiger partial charge in [-0.2, -0.15) is 0 Å². The predicted molar refractivity (Wildman–Crippen MR) is 107 cm³/mol. The lowest BCUT2D eigenvalue weighted by molar-refractivity contribution is -0.120. The van der Waals surface area contributed by atoms with Crippen molar-refractivity contribution in [2.24, 2.45) is 4.99 Å². The summed E-state index contributed by atoms with van der Waals surface area (Å²) in [5, 5.41) is 6.20. The topological polar surface area (TPSA) is 60.0 Å². The molecule has 1 aromatic rings. The van der Waals surface area contributed by atoms with E-state index < -0.39 is 11.6 Å². The van der Waals surface area contributed by atoms with Crippen LogP contribution in [0.2, 0.25) is 0 Å². The van der Waals surface area contributed by atoms with E-state index in [0.29, 0.717) is 32.1 Å². The Morgan fingerprint density at radius 1 is 1.14 bits per heavy atom. The fourth-order valence-electron chi connectivity index (χ4n) is 3.90. The Kier molecular flexibility index (Phi) is 7.06. The van der Waals surface area contributed by atoms with Crippen LogP contribution in [0.4, 0.5) is 14.5 Å². The van der Waals surface area contributed by atoms with Crippen LogP contribution in [0.3, 0.4) is 0 Å². The van der Waals surface area contributed by atoms with E-state index in [2.05, 4.69) is 15.6 Å². The maximum absolute atomic E-state index is 14.0. The minimum absolute atomic E-state index is 0.0199. The molecule has 3 rings (SSSR count). The van der Waals surface area contributed by atoms with Crippen LogP contribution in [-0.4, -0.2) is 62.6 Å². The van der Waals surface area contributed by atoms with Crippen molar-refractivity contribution in [1.29, 1.82) is 0 Å². The number of rotatable bonds is 4. The number of aliphatic imine (C=N–C) groups is 1. The van der Waals surface area contributed by atoms with Crippen molar-refractivity contribution in [3.8, 4) is 0 Å². The van der Waals surface area contributed by atoms with Gasteiger partial charge in [0, 0.05) is 45.3 Å². The van der Waals surface area contributed by atoms with Gasteiger partial charge < -0.3 is 20.4 Å². The second-order valence-electron chi connectivity index (χ2n) is 7.37. The minimum Gasteiger partial charge on any atom is -0.366 e. The van der Waals surface area contributed by atoms with Crippen LogP contribution in [0.25, 0.3) is 0 Å². The lowest BCUT2D eigenvalue weighted by Gasteiger charge is -2.37. The molecule has 0 aromatic heterocycles. The van der Waals surface area contributed by atoms with Gasteiger partial charge in [-0.1, -0.05) is 19.3 Å². The van der Waals surface area contributed by atoms with Crippen LogP contribution in [0.5, 0.6) is 0 Å². The fourth-order valence-corrected chi connectivity index (χ4v) is 3.90. The molecule has 1 aromatic carbocycles. The van der Waals surface area contributed by atoms with Gasteiger partial charge in [-0.3, -0.25) is 9.79 Å². The first-order valence-electron chi connectivity index (χ1n) is 10.0. The number of nitrogens with zero attached hydrogens (tertiary/aromatic N) is 3. The molecule has 6 nitrogen and oxygen atoms in total. The zero-order valence-electron chi connectivity index (χ0n) is 16.4. The van der Waals surface area contributed by atoms with Gasteiger partial charge in [0.05, 0.1) is 12.2 Å². The number of nitrogens with one attached hydrogen (secondary N) is 2. The minimum atomic E-state index is -0.444. The van der Waals surface area contributed by atoms with Gasteiger partial charge in [-0.15, -0.1) is 0 Å². The van der Waals surface area contributed by atoms with Crippen LogP contribution < -0.4 is 15.5 Å². The molecule has 28 heavy (non-hydrogen) atoms. The Morgan fingerprint density at radius 3 is 2.54 bits per heavy atom. The van der Waals surface area contributed by atoms with E-state index in [9.17, 15) is 13.6 Å². The van der Waals surface area contributed by atoms with Gasteiger partial charge >= 0.3 is 0 Å². The average molecular weight is 393 g/mol. The molecule has 2 fully saturated rings. The maximum Gasteiger partial charge on any atom is 0.239 e. The molecule has 2 aliphatic rings. The molecule has 0 spiro atoms. The number of hydrogen-bond donors (Lipinski definition) is 2. The first-order chi connectivity index (χ1) is 13.6. The molecule has 2 N–H and O–H groups in total. The molecule has 0 unspecified atom stereocenters. The molecule has 1 aliphatic heterocycles. The predicted octanol–water partition coefficient (Wildman–Crippen LogP) is 2.11. The number of benzene rings is 1. The standard InChI is InChI=1S/C20H29F2N5O/c1-23-20(24-14-19(28)25-16-5-3-2-4-6-16)27-11-9-26(10-12-27)18-13-15(21)7-8-17(18)22/h7-8,13,16H,2-6,9-12,14H2,1H3,(H,23,24)(H,25,28). The molecule has 1 amide bonds. The fraction of sp³-hybridized carbons (Fsp3) is 0.600. The summed E-state index contributed by atoms with van der Waals surface area (Å²) < 4.78 is 27.4. The van der Waals surface area contributed by atoms with Crippen LogP contribution in [0.1, 0.15) is 32.1 Å². The first kappa shape index (κ1) is 20.4. The monoisotopic (exact) mass is 393 g/mol. The number of piperazine rings is 1. The summed E-state index contributed by atoms with van der Waals surface area (Å²) in [5.74, 6) is -0.233. The second kappa shape index (κ2) is 9.71. The number of halogens is 2. The van der Waals surface area contributed by atoms with Crippen LogP contribution in [-0.2, 0) is 4.79 Å². The van der Waals surface area contributed by atoms with Crippen LogP contribution >= 0.6 is 0 Å². The van der Waals surface area contributed by atoms with Crippen molar-refractivity contribution in [3.63, 3.8) is 0 Å². The van der Waals surface area contributed by atoms with E-state index in [-0.39, 0.29) is 24.2 Å². The number of amides is 1. The van der Waals surface area contributed by atoms with Crippen molar-refractivity contribution in [1.82, 2.24) is 15.5 Å². The highest BCUT2D eigenvalue weighted by Crippen LogP contribution is 2.22. The average Bonchev–Trinajstić information content (AvgIpc) is 2.71. The molecule has 1 aliphatic carbocycles. The van der Waals surface area contributed by atoms with Gasteiger partial charge in [0.25, 0.3) is 0 Å². The van der Waals surface area contributed by atoms with Crippen LogP contribution in [0.15, 0.2) is 23.2 Å². The van der Waals surface area contributed by atoms with Crippen molar-refractivity contribution in [2.45, 2.75) is 38.1 Å². The third-order valence-electron chi connectivity index (χ3n) is 5.42. The molecule has 154 valence electrons. The number of anilines is 1. The summed E-state index contributed by atoms with van der Waals surface area (Å²) in [7, 11) is 1.68. The molecular weight excluding hydrogens is 364 g/mol. The molecule has 0 atom stereocenters. The van der Waals surface area contributed by atoms with Gasteiger partial charge in [0.2, 0.25) is 5.91 Å². The van der Waals surface area contributed by atoms with Crippen molar-refractivity contribution >= 4 is 17.6 Å². The second-order valence-corrected chi connectivity index (χ2v) is 7.37. The Bertz CT molecular complexity index is 698. The van der Waals surface area contributed by atoms with E-state index >= 15 is 0 Å². The van der Waals surface area contributed by atoms with E-state index in [1.807, 2.05) is 9.80 Å². The highest BCUT2D eigenvalue weighted by Gasteiger charge is 2.23.